The van der Waals surface area contributed by atoms with E-state index in [1.54, 1.807) is 0 Å². The Balaban J connectivity index is 1.98. The van der Waals surface area contributed by atoms with Gasteiger partial charge in [0.15, 0.2) is 5.75 Å². The lowest BCUT2D eigenvalue weighted by atomic mass is 9.93. The molecule has 0 fully saturated rings. The average Bonchev–Trinajstić information content (AvgIpc) is 3.32. The summed E-state index contributed by atoms with van der Waals surface area (Å²) in [4.78, 5) is 13.7. The Morgan fingerprint density at radius 1 is 1.12 bits per heavy atom. The number of sulfonamides is 1. The van der Waals surface area contributed by atoms with Crippen molar-refractivity contribution in [3.63, 3.8) is 0 Å². The summed E-state index contributed by atoms with van der Waals surface area (Å²) in [5, 5.41) is 12.3. The Hall–Kier alpha value is -3.16. The van der Waals surface area contributed by atoms with Crippen LogP contribution in [0.15, 0.2) is 22.4 Å². The lowest BCUT2D eigenvalue weighted by Crippen LogP contribution is -2.40. The predicted molar refractivity (Wildman–Crippen MR) is 135 cm³/mol. The van der Waals surface area contributed by atoms with Crippen LogP contribution in [-0.2, 0) is 21.2 Å². The molecule has 1 atom stereocenters. The number of carbonyl (C=O) groups excluding carboxylic acids is 1. The van der Waals surface area contributed by atoms with Crippen LogP contribution in [-0.4, -0.2) is 61.4 Å². The molecule has 0 spiro atoms. The van der Waals surface area contributed by atoms with Crippen molar-refractivity contribution in [3.05, 3.63) is 22.7 Å². The fourth-order valence-electron chi connectivity index (χ4n) is 4.05. The minimum absolute atomic E-state index is 0.0976. The van der Waals surface area contributed by atoms with E-state index in [2.05, 4.69) is 25.2 Å². The normalized spacial score (nSPS) is 16.5. The molecule has 234 valence electrons. The molecule has 1 aromatic heterocycles. The molecule has 42 heavy (non-hydrogen) atoms. The number of anilines is 2. The summed E-state index contributed by atoms with van der Waals surface area (Å²) in [7, 11) is -4.96. The third-order valence-corrected chi connectivity index (χ3v) is 7.95. The van der Waals surface area contributed by atoms with Crippen LogP contribution >= 0.6 is 11.3 Å². The molecule has 2 aromatic rings. The van der Waals surface area contributed by atoms with Crippen LogP contribution in [0.2, 0.25) is 0 Å². The SMILES string of the molecule is CCCCN1c2cc(NS(=O)(=O)CC(F)(F)F)c(N=Nc3nnc(C(=O)OC(F)(F)C(F)(F)F)s3)cc2CCC1CC. The number of rotatable bonds is 11. The largest absolute Gasteiger partial charge is 0.501 e. The van der Waals surface area contributed by atoms with E-state index < -0.39 is 50.3 Å². The lowest BCUT2D eigenvalue weighted by Gasteiger charge is -2.39. The molecule has 0 bridgehead atoms. The summed E-state index contributed by atoms with van der Waals surface area (Å²) in [6.07, 6.45) is -13.4. The first-order valence-corrected chi connectivity index (χ1v) is 14.8. The number of halogens is 8. The van der Waals surface area contributed by atoms with Crippen molar-refractivity contribution >= 4 is 49.5 Å². The van der Waals surface area contributed by atoms with Gasteiger partial charge in [-0.1, -0.05) is 31.6 Å². The van der Waals surface area contributed by atoms with Gasteiger partial charge in [-0.3, -0.25) is 4.72 Å². The number of nitrogens with one attached hydrogen (secondary N) is 1. The van der Waals surface area contributed by atoms with Gasteiger partial charge in [-0.15, -0.1) is 20.4 Å². The highest BCUT2D eigenvalue weighted by Crippen LogP contribution is 2.41. The quantitative estimate of drug-likeness (QED) is 0.159. The Morgan fingerprint density at radius 2 is 1.81 bits per heavy atom. The second kappa shape index (κ2) is 12.6. The summed E-state index contributed by atoms with van der Waals surface area (Å²) in [5.41, 5.74) is 0.693. The Bertz CT molecular complexity index is 1410. The molecule has 3 rings (SSSR count). The van der Waals surface area contributed by atoms with Gasteiger partial charge in [0.25, 0.3) is 5.13 Å². The van der Waals surface area contributed by atoms with Crippen LogP contribution < -0.4 is 9.62 Å². The molecule has 1 aliphatic rings. The van der Waals surface area contributed by atoms with Gasteiger partial charge in [0.05, 0.1) is 5.69 Å². The number of benzene rings is 1. The Morgan fingerprint density at radius 3 is 2.40 bits per heavy atom. The fourth-order valence-corrected chi connectivity index (χ4v) is 5.60. The molecule has 1 N–H and O–H groups in total. The van der Waals surface area contributed by atoms with Crippen molar-refractivity contribution in [1.29, 1.82) is 0 Å². The number of ether oxygens (including phenoxy) is 1. The van der Waals surface area contributed by atoms with Gasteiger partial charge in [-0.2, -0.15) is 35.1 Å². The van der Waals surface area contributed by atoms with Crippen molar-refractivity contribution < 1.29 is 53.1 Å². The van der Waals surface area contributed by atoms with Crippen molar-refractivity contribution in [1.82, 2.24) is 10.2 Å². The minimum atomic E-state index is -6.18. The number of carbonyl (C=O) groups is 1. The first-order valence-electron chi connectivity index (χ1n) is 12.3. The number of azo groups is 1. The van der Waals surface area contributed by atoms with E-state index in [-0.39, 0.29) is 28.8 Å². The van der Waals surface area contributed by atoms with Gasteiger partial charge in [0.2, 0.25) is 15.0 Å². The van der Waals surface area contributed by atoms with E-state index in [0.717, 1.165) is 25.7 Å². The van der Waals surface area contributed by atoms with Crippen LogP contribution in [0.3, 0.4) is 0 Å². The van der Waals surface area contributed by atoms with Gasteiger partial charge < -0.3 is 9.64 Å². The van der Waals surface area contributed by atoms with Gasteiger partial charge in [-0.25, -0.2) is 13.2 Å². The highest BCUT2D eigenvalue weighted by atomic mass is 32.2. The monoisotopic (exact) mass is 652 g/mol. The molecule has 1 aliphatic heterocycles. The summed E-state index contributed by atoms with van der Waals surface area (Å²) in [6, 6.07) is 2.85. The number of esters is 1. The molecule has 20 heteroatoms. The maximum absolute atomic E-state index is 13.0. The molecule has 1 aromatic carbocycles. The summed E-state index contributed by atoms with van der Waals surface area (Å²) < 4.78 is 131. The van der Waals surface area contributed by atoms with E-state index in [1.165, 1.54) is 12.1 Å². The standard InChI is InChI=1S/C22H24F8N6O4S2/c1-3-5-8-36-13(4-2)7-6-12-9-14(15(10-16(12)36)35-42(38,39)11-20(23,24)25)31-33-19-34-32-17(41-19)18(37)40-22(29,30)21(26,27)28/h9-10,13,35H,3-8,11H2,1-2H3. The van der Waals surface area contributed by atoms with Crippen LogP contribution in [0.25, 0.3) is 0 Å². The number of aryl methyl sites for hydroxylation is 1. The molecule has 10 nitrogen and oxygen atoms in total. The van der Waals surface area contributed by atoms with Crippen molar-refractivity contribution in [2.24, 2.45) is 10.2 Å². The topological polar surface area (TPSA) is 126 Å². The summed E-state index contributed by atoms with van der Waals surface area (Å²) in [6.45, 7) is 4.56. The Labute approximate surface area is 238 Å². The average molecular weight is 653 g/mol. The van der Waals surface area contributed by atoms with Crippen LogP contribution in [0.5, 0.6) is 0 Å². The molecule has 0 aliphatic carbocycles. The third kappa shape index (κ3) is 8.45. The van der Waals surface area contributed by atoms with Crippen molar-refractivity contribution in [3.8, 4) is 0 Å². The van der Waals surface area contributed by atoms with Crippen LogP contribution in [0.1, 0.15) is 54.9 Å². The summed E-state index contributed by atoms with van der Waals surface area (Å²) >= 11 is 0.126. The molecular formula is C22H24F8N6O4S2. The van der Waals surface area contributed by atoms with Crippen molar-refractivity contribution in [2.45, 2.75) is 70.5 Å². The third-order valence-electron chi connectivity index (χ3n) is 5.92. The maximum atomic E-state index is 13.0. The van der Waals surface area contributed by atoms with Gasteiger partial charge in [0, 0.05) is 18.3 Å². The molecule has 0 saturated carbocycles. The molecule has 2 heterocycles. The smallest absolute Gasteiger partial charge is 0.388 e. The first-order chi connectivity index (χ1) is 19.4. The van der Waals surface area contributed by atoms with E-state index in [4.69, 9.17) is 0 Å². The molecule has 0 saturated heterocycles. The van der Waals surface area contributed by atoms with E-state index in [0.29, 0.717) is 24.2 Å². The first kappa shape index (κ1) is 33.3. The molecule has 0 radical (unpaired) electrons. The lowest BCUT2D eigenvalue weighted by molar-refractivity contribution is -0.370. The summed E-state index contributed by atoms with van der Waals surface area (Å²) in [5.74, 6) is -4.34. The highest BCUT2D eigenvalue weighted by Gasteiger charge is 2.62. The zero-order valence-electron chi connectivity index (χ0n) is 21.9. The second-order valence-electron chi connectivity index (χ2n) is 9.12. The second-order valence-corrected chi connectivity index (χ2v) is 11.8. The fraction of sp³-hybridized carbons (Fsp3) is 0.591. The molecule has 1 unspecified atom stereocenters. The van der Waals surface area contributed by atoms with Crippen molar-refractivity contribution in [2.75, 3.05) is 21.9 Å². The maximum Gasteiger partial charge on any atom is 0.501 e. The highest BCUT2D eigenvalue weighted by molar-refractivity contribution is 7.92. The van der Waals surface area contributed by atoms with Gasteiger partial charge in [0.1, 0.15) is 5.69 Å². The predicted octanol–water partition coefficient (Wildman–Crippen LogP) is 6.90. The van der Waals surface area contributed by atoms with E-state index in [9.17, 15) is 48.3 Å². The zero-order valence-corrected chi connectivity index (χ0v) is 23.5. The minimum Gasteiger partial charge on any atom is -0.388 e. The number of hydrogen-bond donors (Lipinski definition) is 1. The van der Waals surface area contributed by atoms with Gasteiger partial charge >= 0.3 is 24.4 Å². The Kier molecular flexibility index (Phi) is 10.0. The number of unbranched alkanes of at least 4 members (excludes halogenated alkanes) is 1. The number of aromatic nitrogens is 2. The zero-order chi connectivity index (χ0) is 31.5. The number of nitrogens with zero attached hydrogens (tertiary/aromatic N) is 5. The number of fused-ring (bicyclic) bond motifs is 1. The van der Waals surface area contributed by atoms with Crippen LogP contribution in [0.4, 0.5) is 57.3 Å². The molecular weight excluding hydrogens is 628 g/mol. The van der Waals surface area contributed by atoms with E-state index in [1.807, 2.05) is 23.5 Å². The van der Waals surface area contributed by atoms with Gasteiger partial charge in [-0.05, 0) is 43.4 Å². The number of alkyl halides is 8. The molecule has 0 amide bonds. The van der Waals surface area contributed by atoms with E-state index >= 15 is 0 Å². The number of hydrogen-bond acceptors (Lipinski definition) is 10. The van der Waals surface area contributed by atoms with Crippen LogP contribution in [0, 0.1) is 0 Å².